The number of aromatic nitrogens is 3. The topological polar surface area (TPSA) is 73.9 Å². The van der Waals surface area contributed by atoms with E-state index in [1.807, 2.05) is 12.3 Å². The van der Waals surface area contributed by atoms with Gasteiger partial charge in [-0.05, 0) is 60.9 Å². The lowest BCUT2D eigenvalue weighted by Crippen LogP contribution is -2.35. The molecule has 1 atom stereocenters. The smallest absolute Gasteiger partial charge is 0.269 e. The number of carbonyl (C=O) groups excluding carboxylic acids is 1. The van der Waals surface area contributed by atoms with E-state index in [9.17, 15) is 4.79 Å². The Hall–Kier alpha value is -2.73. The maximum absolute atomic E-state index is 11.8. The molecule has 6 heteroatoms. The highest BCUT2D eigenvalue weighted by molar-refractivity contribution is 5.91. The zero-order valence-electron chi connectivity index (χ0n) is 15.6. The van der Waals surface area contributed by atoms with Gasteiger partial charge in [-0.25, -0.2) is 9.97 Å². The average molecular weight is 363 g/mol. The van der Waals surface area contributed by atoms with E-state index in [4.69, 9.17) is 0 Å². The minimum atomic E-state index is -0.163. The molecule has 1 saturated heterocycles. The van der Waals surface area contributed by atoms with E-state index in [2.05, 4.69) is 49.4 Å². The highest BCUT2D eigenvalue weighted by atomic mass is 16.1. The fourth-order valence-corrected chi connectivity index (χ4v) is 3.97. The normalized spacial score (nSPS) is 17.9. The minimum absolute atomic E-state index is 0.163. The lowest BCUT2D eigenvalue weighted by atomic mass is 9.92. The molecule has 0 bridgehead atoms. The molecule has 140 valence electrons. The van der Waals surface area contributed by atoms with E-state index in [0.717, 1.165) is 31.7 Å². The maximum Gasteiger partial charge on any atom is 0.269 e. The molecule has 0 unspecified atom stereocenters. The van der Waals surface area contributed by atoms with Gasteiger partial charge in [0.15, 0.2) is 0 Å². The summed E-state index contributed by atoms with van der Waals surface area (Å²) in [6.45, 7) is 3.16. The summed E-state index contributed by atoms with van der Waals surface area (Å²) in [5, 5.41) is 3.87. The van der Waals surface area contributed by atoms with Gasteiger partial charge in [-0.2, -0.15) is 0 Å². The predicted molar refractivity (Wildman–Crippen MR) is 105 cm³/mol. The number of nitrogens with zero attached hydrogens (tertiary/aromatic N) is 3. The van der Waals surface area contributed by atoms with Crippen LogP contribution in [-0.4, -0.2) is 45.9 Å². The number of aromatic amines is 1. The summed E-state index contributed by atoms with van der Waals surface area (Å²) in [6.07, 6.45) is 6.76. The van der Waals surface area contributed by atoms with Crippen LogP contribution in [0.1, 0.15) is 34.6 Å². The second-order valence-electron chi connectivity index (χ2n) is 7.32. The van der Waals surface area contributed by atoms with E-state index in [1.54, 1.807) is 7.05 Å². The fraction of sp³-hybridized carbons (Fsp3) is 0.381. The van der Waals surface area contributed by atoms with E-state index in [0.29, 0.717) is 11.6 Å². The lowest BCUT2D eigenvalue weighted by molar-refractivity contribution is 0.0957. The first-order valence-electron chi connectivity index (χ1n) is 9.52. The molecule has 0 spiro atoms. The fourth-order valence-electron chi connectivity index (χ4n) is 3.97. The summed E-state index contributed by atoms with van der Waals surface area (Å²) in [5.74, 6) is 0.393. The van der Waals surface area contributed by atoms with Crippen molar-refractivity contribution in [1.29, 1.82) is 0 Å². The molecular formula is C21H25N5O. The first-order chi connectivity index (χ1) is 13.2. The van der Waals surface area contributed by atoms with Crippen molar-refractivity contribution < 1.29 is 4.79 Å². The number of likely N-dealkylation sites (tertiary alicyclic amines) is 1. The van der Waals surface area contributed by atoms with Gasteiger partial charge in [-0.1, -0.05) is 12.1 Å². The molecule has 3 heterocycles. The second-order valence-corrected chi connectivity index (χ2v) is 7.32. The molecule has 0 saturated carbocycles. The first-order valence-corrected chi connectivity index (χ1v) is 9.52. The van der Waals surface area contributed by atoms with Crippen LogP contribution in [0.4, 0.5) is 0 Å². The van der Waals surface area contributed by atoms with E-state index in [1.165, 1.54) is 35.6 Å². The third-order valence-electron chi connectivity index (χ3n) is 5.31. The van der Waals surface area contributed by atoms with Crippen LogP contribution in [0.25, 0.3) is 10.9 Å². The lowest BCUT2D eigenvalue weighted by Gasteiger charge is -2.32. The number of benzene rings is 1. The molecule has 27 heavy (non-hydrogen) atoms. The molecule has 3 aromatic rings. The van der Waals surface area contributed by atoms with Gasteiger partial charge in [-0.15, -0.1) is 0 Å². The molecule has 2 N–H and O–H groups in total. The number of nitrogens with one attached hydrogen (secondary N) is 2. The number of carbonyl (C=O) groups is 1. The van der Waals surface area contributed by atoms with Gasteiger partial charge in [0, 0.05) is 37.5 Å². The summed E-state index contributed by atoms with van der Waals surface area (Å²) in [6, 6.07) is 10.6. The van der Waals surface area contributed by atoms with Gasteiger partial charge < -0.3 is 10.3 Å². The molecule has 0 aliphatic carbocycles. The predicted octanol–water partition coefficient (Wildman–Crippen LogP) is 2.77. The number of rotatable bonds is 5. The van der Waals surface area contributed by atoms with Crippen molar-refractivity contribution in [1.82, 2.24) is 25.2 Å². The zero-order chi connectivity index (χ0) is 18.6. The highest BCUT2D eigenvalue weighted by Crippen LogP contribution is 2.23. The van der Waals surface area contributed by atoms with Crippen LogP contribution in [0.5, 0.6) is 0 Å². The van der Waals surface area contributed by atoms with Crippen molar-refractivity contribution in [3.8, 4) is 0 Å². The van der Waals surface area contributed by atoms with E-state index < -0.39 is 0 Å². The number of piperidine rings is 1. The summed E-state index contributed by atoms with van der Waals surface area (Å²) < 4.78 is 0. The Balaban J connectivity index is 1.40. The molecule has 4 rings (SSSR count). The Kier molecular flexibility index (Phi) is 5.16. The van der Waals surface area contributed by atoms with Gasteiger partial charge in [0.2, 0.25) is 0 Å². The minimum Gasteiger partial charge on any atom is -0.361 e. The molecule has 1 amide bonds. The molecule has 6 nitrogen and oxygen atoms in total. The second kappa shape index (κ2) is 7.88. The van der Waals surface area contributed by atoms with Crippen LogP contribution < -0.4 is 5.32 Å². The summed E-state index contributed by atoms with van der Waals surface area (Å²) in [4.78, 5) is 26.0. The van der Waals surface area contributed by atoms with Crippen LogP contribution in [0.2, 0.25) is 0 Å². The number of H-pyrrole nitrogens is 1. The van der Waals surface area contributed by atoms with Crippen molar-refractivity contribution in [3.63, 3.8) is 0 Å². The van der Waals surface area contributed by atoms with Crippen molar-refractivity contribution >= 4 is 16.8 Å². The van der Waals surface area contributed by atoms with E-state index >= 15 is 0 Å². The number of hydrogen-bond acceptors (Lipinski definition) is 4. The van der Waals surface area contributed by atoms with Gasteiger partial charge >= 0.3 is 0 Å². The molecule has 1 fully saturated rings. The Labute approximate surface area is 159 Å². The Morgan fingerprint density at radius 1 is 1.30 bits per heavy atom. The van der Waals surface area contributed by atoms with Crippen molar-refractivity contribution in [3.05, 3.63) is 59.8 Å². The van der Waals surface area contributed by atoms with Crippen molar-refractivity contribution in [2.24, 2.45) is 5.92 Å². The molecule has 2 aromatic heterocycles. The monoisotopic (exact) mass is 363 g/mol. The average Bonchev–Trinajstić information content (AvgIpc) is 3.16. The van der Waals surface area contributed by atoms with Gasteiger partial charge in [0.05, 0.1) is 0 Å². The Morgan fingerprint density at radius 2 is 2.22 bits per heavy atom. The first kappa shape index (κ1) is 17.7. The van der Waals surface area contributed by atoms with Gasteiger partial charge in [0.1, 0.15) is 12.0 Å². The number of hydrogen-bond donors (Lipinski definition) is 2. The summed E-state index contributed by atoms with van der Waals surface area (Å²) in [5.41, 5.74) is 3.93. The molecule has 1 aliphatic heterocycles. The zero-order valence-corrected chi connectivity index (χ0v) is 15.6. The summed E-state index contributed by atoms with van der Waals surface area (Å²) >= 11 is 0. The highest BCUT2D eigenvalue weighted by Gasteiger charge is 2.21. The van der Waals surface area contributed by atoms with E-state index in [-0.39, 0.29) is 5.91 Å². The molecule has 1 aromatic carbocycles. The number of fused-ring (bicyclic) bond motifs is 1. The van der Waals surface area contributed by atoms with Crippen molar-refractivity contribution in [2.75, 3.05) is 20.1 Å². The third-order valence-corrected chi connectivity index (χ3v) is 5.31. The number of amides is 1. The van der Waals surface area contributed by atoms with Crippen molar-refractivity contribution in [2.45, 2.75) is 25.8 Å². The van der Waals surface area contributed by atoms with Crippen LogP contribution >= 0.6 is 0 Å². The standard InChI is InChI=1S/C21H25N5O/c1-22-21(27)20-11-18(24-14-25-20)9-15-3-2-8-26(12-15)13-16-4-5-17-6-7-23-19(17)10-16/h4-7,10-11,14-15,23H,2-3,8-9,12-13H2,1H3,(H,22,27)/t15-/m0/s1. The molecule has 1 aliphatic rings. The van der Waals surface area contributed by atoms with Crippen LogP contribution in [0.15, 0.2) is 42.9 Å². The Bertz CT molecular complexity index is 935. The molecular weight excluding hydrogens is 338 g/mol. The SMILES string of the molecule is CNC(=O)c1cc(C[C@@H]2CCCN(Cc3ccc4cc[nH]c4c3)C2)ncn1. The Morgan fingerprint density at radius 3 is 3.11 bits per heavy atom. The van der Waals surface area contributed by atoms with Crippen LogP contribution in [-0.2, 0) is 13.0 Å². The largest absolute Gasteiger partial charge is 0.361 e. The van der Waals surface area contributed by atoms with Crippen LogP contribution in [0.3, 0.4) is 0 Å². The third kappa shape index (κ3) is 4.17. The van der Waals surface area contributed by atoms with Crippen LogP contribution in [0, 0.1) is 5.92 Å². The quantitative estimate of drug-likeness (QED) is 0.731. The summed E-state index contributed by atoms with van der Waals surface area (Å²) in [7, 11) is 1.62. The van der Waals surface area contributed by atoms with Gasteiger partial charge in [0.25, 0.3) is 5.91 Å². The maximum atomic E-state index is 11.8. The molecule has 0 radical (unpaired) electrons. The van der Waals surface area contributed by atoms with Gasteiger partial charge in [-0.3, -0.25) is 9.69 Å².